The Bertz CT molecular complexity index is 372. The van der Waals surface area contributed by atoms with Crippen molar-refractivity contribution >= 4 is 5.97 Å². The topological polar surface area (TPSA) is 105 Å². The maximum atomic E-state index is 10.9. The van der Waals surface area contributed by atoms with Crippen LogP contribution in [0.2, 0.25) is 0 Å². The third kappa shape index (κ3) is 4.06. The van der Waals surface area contributed by atoms with E-state index in [1.807, 2.05) is 0 Å². The fraction of sp³-hybridized carbons (Fsp3) is 0.500. The summed E-state index contributed by atoms with van der Waals surface area (Å²) in [6.07, 6.45) is 2.53. The molecule has 1 atom stereocenters. The number of carbonyl (C=O) groups is 1. The van der Waals surface area contributed by atoms with E-state index in [-0.39, 0.29) is 24.8 Å². The summed E-state index contributed by atoms with van der Waals surface area (Å²) in [7, 11) is 1.53. The second-order valence-corrected chi connectivity index (χ2v) is 3.40. The minimum Gasteiger partial charge on any atom is -0.478 e. The van der Waals surface area contributed by atoms with E-state index in [9.17, 15) is 4.79 Å². The van der Waals surface area contributed by atoms with Gasteiger partial charge in [-0.05, 0) is 0 Å². The van der Waals surface area contributed by atoms with Crippen LogP contribution in [0.3, 0.4) is 0 Å². The number of aliphatic hydroxyl groups is 1. The Morgan fingerprint density at radius 1 is 1.65 bits per heavy atom. The number of rotatable bonds is 7. The SMILES string of the molecule is COCC(CO)NCc1ncncc1C(=O)O. The molecule has 0 saturated heterocycles. The fourth-order valence-corrected chi connectivity index (χ4v) is 1.29. The second-order valence-electron chi connectivity index (χ2n) is 3.40. The standard InChI is InChI=1S/C10H15N3O4/c1-17-5-7(4-14)12-3-9-8(10(15)16)2-11-6-13-9/h2,6-7,12,14H,3-5H2,1H3,(H,15,16). The summed E-state index contributed by atoms with van der Waals surface area (Å²) in [5.41, 5.74) is 0.427. The van der Waals surface area contributed by atoms with Gasteiger partial charge in [0.15, 0.2) is 0 Å². The van der Waals surface area contributed by atoms with Crippen molar-refractivity contribution in [2.45, 2.75) is 12.6 Å². The summed E-state index contributed by atoms with van der Waals surface area (Å²) in [6.45, 7) is 0.476. The molecule has 0 bridgehead atoms. The number of aromatic carboxylic acids is 1. The number of methoxy groups -OCH3 is 1. The Balaban J connectivity index is 2.65. The molecule has 3 N–H and O–H groups in total. The number of carboxylic acids is 1. The van der Waals surface area contributed by atoms with Crippen LogP contribution in [-0.2, 0) is 11.3 Å². The molecule has 0 radical (unpaired) electrons. The summed E-state index contributed by atoms with van der Waals surface area (Å²) in [5, 5.41) is 20.9. The number of nitrogens with zero attached hydrogens (tertiary/aromatic N) is 2. The monoisotopic (exact) mass is 241 g/mol. The van der Waals surface area contributed by atoms with Crippen molar-refractivity contribution in [2.24, 2.45) is 0 Å². The molecule has 1 aromatic heterocycles. The van der Waals surface area contributed by atoms with Gasteiger partial charge in [-0.25, -0.2) is 14.8 Å². The van der Waals surface area contributed by atoms with Crippen LogP contribution in [0.25, 0.3) is 0 Å². The lowest BCUT2D eigenvalue weighted by Gasteiger charge is -2.15. The number of carboxylic acid groups (broad SMARTS) is 1. The maximum absolute atomic E-state index is 10.9. The first kappa shape index (κ1) is 13.5. The normalized spacial score (nSPS) is 12.4. The van der Waals surface area contributed by atoms with E-state index in [1.54, 1.807) is 0 Å². The predicted molar refractivity (Wildman–Crippen MR) is 58.6 cm³/mol. The predicted octanol–water partition coefficient (Wildman–Crippen LogP) is -0.728. The Morgan fingerprint density at radius 3 is 3.00 bits per heavy atom. The molecule has 0 aliphatic heterocycles. The van der Waals surface area contributed by atoms with Gasteiger partial charge in [-0.3, -0.25) is 0 Å². The molecule has 0 saturated carbocycles. The Hall–Kier alpha value is -1.57. The highest BCUT2D eigenvalue weighted by Gasteiger charge is 2.13. The van der Waals surface area contributed by atoms with Crippen molar-refractivity contribution in [2.75, 3.05) is 20.3 Å². The van der Waals surface area contributed by atoms with E-state index in [0.717, 1.165) is 0 Å². The van der Waals surface area contributed by atoms with E-state index in [1.165, 1.54) is 19.6 Å². The molecule has 0 aliphatic carbocycles. The van der Waals surface area contributed by atoms with E-state index in [2.05, 4.69) is 15.3 Å². The van der Waals surface area contributed by atoms with Crippen molar-refractivity contribution in [1.82, 2.24) is 15.3 Å². The molecule has 7 nitrogen and oxygen atoms in total. The Kier molecular flexibility index (Phi) is 5.47. The zero-order valence-corrected chi connectivity index (χ0v) is 9.46. The molecule has 0 fully saturated rings. The van der Waals surface area contributed by atoms with E-state index in [4.69, 9.17) is 14.9 Å². The molecular weight excluding hydrogens is 226 g/mol. The highest BCUT2D eigenvalue weighted by Crippen LogP contribution is 2.03. The Morgan fingerprint density at radius 2 is 2.41 bits per heavy atom. The number of hydrogen-bond acceptors (Lipinski definition) is 6. The van der Waals surface area contributed by atoms with Crippen molar-refractivity contribution in [3.8, 4) is 0 Å². The smallest absolute Gasteiger partial charge is 0.339 e. The molecule has 0 aromatic carbocycles. The van der Waals surface area contributed by atoms with Crippen LogP contribution in [0.1, 0.15) is 16.1 Å². The van der Waals surface area contributed by atoms with Gasteiger partial charge in [-0.2, -0.15) is 0 Å². The number of ether oxygens (including phenoxy) is 1. The van der Waals surface area contributed by atoms with Gasteiger partial charge in [0, 0.05) is 19.9 Å². The quantitative estimate of drug-likeness (QED) is 0.578. The number of aromatic nitrogens is 2. The van der Waals surface area contributed by atoms with Crippen LogP contribution in [0.4, 0.5) is 0 Å². The van der Waals surface area contributed by atoms with Crippen LogP contribution in [-0.4, -0.2) is 52.5 Å². The minimum atomic E-state index is -1.07. The largest absolute Gasteiger partial charge is 0.478 e. The first-order valence-corrected chi connectivity index (χ1v) is 5.04. The van der Waals surface area contributed by atoms with Gasteiger partial charge in [-0.1, -0.05) is 0 Å². The fourth-order valence-electron chi connectivity index (χ4n) is 1.29. The zero-order valence-electron chi connectivity index (χ0n) is 9.46. The molecule has 1 heterocycles. The highest BCUT2D eigenvalue weighted by molar-refractivity contribution is 5.88. The zero-order chi connectivity index (χ0) is 12.7. The molecule has 1 rings (SSSR count). The minimum absolute atomic E-state index is 0.0501. The van der Waals surface area contributed by atoms with Gasteiger partial charge in [0.25, 0.3) is 0 Å². The third-order valence-corrected chi connectivity index (χ3v) is 2.17. The molecule has 94 valence electrons. The Labute approximate surface area is 98.5 Å². The summed E-state index contributed by atoms with van der Waals surface area (Å²) >= 11 is 0. The lowest BCUT2D eigenvalue weighted by molar-refractivity contribution is 0.0694. The number of aliphatic hydroxyl groups excluding tert-OH is 1. The molecule has 1 aromatic rings. The average Bonchev–Trinajstić information content (AvgIpc) is 2.34. The molecular formula is C10H15N3O4. The van der Waals surface area contributed by atoms with Crippen molar-refractivity contribution in [1.29, 1.82) is 0 Å². The van der Waals surface area contributed by atoms with E-state index in [0.29, 0.717) is 12.3 Å². The second kappa shape index (κ2) is 6.89. The first-order chi connectivity index (χ1) is 8.19. The third-order valence-electron chi connectivity index (χ3n) is 2.17. The van der Waals surface area contributed by atoms with Gasteiger partial charge in [0.1, 0.15) is 11.9 Å². The van der Waals surface area contributed by atoms with Crippen molar-refractivity contribution in [3.05, 3.63) is 23.8 Å². The van der Waals surface area contributed by atoms with E-state index >= 15 is 0 Å². The van der Waals surface area contributed by atoms with Gasteiger partial charge < -0.3 is 20.3 Å². The molecule has 0 spiro atoms. The summed E-state index contributed by atoms with van der Waals surface area (Å²) in [5.74, 6) is -1.07. The molecule has 1 unspecified atom stereocenters. The van der Waals surface area contributed by atoms with E-state index < -0.39 is 5.97 Å². The molecule has 0 amide bonds. The van der Waals surface area contributed by atoms with Crippen molar-refractivity contribution in [3.63, 3.8) is 0 Å². The summed E-state index contributed by atoms with van der Waals surface area (Å²) in [4.78, 5) is 18.4. The first-order valence-electron chi connectivity index (χ1n) is 5.04. The van der Waals surface area contributed by atoms with Crippen LogP contribution in [0, 0.1) is 0 Å². The maximum Gasteiger partial charge on any atom is 0.339 e. The summed E-state index contributed by atoms with van der Waals surface area (Å²) in [6, 6.07) is -0.253. The average molecular weight is 241 g/mol. The van der Waals surface area contributed by atoms with Crippen molar-refractivity contribution < 1.29 is 19.7 Å². The van der Waals surface area contributed by atoms with Gasteiger partial charge in [0.2, 0.25) is 0 Å². The lowest BCUT2D eigenvalue weighted by atomic mass is 10.2. The highest BCUT2D eigenvalue weighted by atomic mass is 16.5. The van der Waals surface area contributed by atoms with Gasteiger partial charge in [-0.15, -0.1) is 0 Å². The van der Waals surface area contributed by atoms with Crippen LogP contribution in [0.15, 0.2) is 12.5 Å². The van der Waals surface area contributed by atoms with Crippen LogP contribution in [0.5, 0.6) is 0 Å². The molecule has 17 heavy (non-hydrogen) atoms. The molecule has 7 heteroatoms. The van der Waals surface area contributed by atoms with Gasteiger partial charge in [0.05, 0.1) is 24.9 Å². The van der Waals surface area contributed by atoms with Crippen LogP contribution >= 0.6 is 0 Å². The lowest BCUT2D eigenvalue weighted by Crippen LogP contribution is -2.36. The molecule has 0 aliphatic rings. The number of hydrogen-bond donors (Lipinski definition) is 3. The summed E-state index contributed by atoms with van der Waals surface area (Å²) < 4.78 is 4.89. The number of nitrogens with one attached hydrogen (secondary N) is 1. The van der Waals surface area contributed by atoms with Gasteiger partial charge >= 0.3 is 5.97 Å². The van der Waals surface area contributed by atoms with Crippen LogP contribution < -0.4 is 5.32 Å².